The summed E-state index contributed by atoms with van der Waals surface area (Å²) in [6, 6.07) is 6.82. The number of aromatic nitrogens is 1. The minimum atomic E-state index is -4.02. The lowest BCUT2D eigenvalue weighted by Gasteiger charge is -2.12. The summed E-state index contributed by atoms with van der Waals surface area (Å²) in [5.41, 5.74) is 6.11. The first-order valence-electron chi connectivity index (χ1n) is 5.85. The van der Waals surface area contributed by atoms with E-state index in [1.807, 2.05) is 0 Å². The Kier molecular flexibility index (Phi) is 4.19. The van der Waals surface area contributed by atoms with Crippen LogP contribution in [0.5, 0.6) is 0 Å². The van der Waals surface area contributed by atoms with E-state index in [1.54, 1.807) is 19.1 Å². The molecule has 0 atom stereocenters. The molecule has 1 aromatic heterocycles. The molecule has 2 rings (SSSR count). The lowest BCUT2D eigenvalue weighted by atomic mass is 10.2. The van der Waals surface area contributed by atoms with E-state index in [2.05, 4.69) is 9.71 Å². The maximum Gasteiger partial charge on any atom is 0.262 e. The van der Waals surface area contributed by atoms with Gasteiger partial charge in [0.1, 0.15) is 15.7 Å². The van der Waals surface area contributed by atoms with E-state index in [4.69, 9.17) is 18.0 Å². The number of thiocarbonyl (C=S) groups is 1. The smallest absolute Gasteiger partial charge is 0.262 e. The second kappa shape index (κ2) is 5.74. The molecule has 110 valence electrons. The molecule has 0 saturated carbocycles. The van der Waals surface area contributed by atoms with E-state index in [-0.39, 0.29) is 21.1 Å². The Bertz CT molecular complexity index is 790. The summed E-state index contributed by atoms with van der Waals surface area (Å²) in [6.45, 7) is 1.77. The number of nitrogens with zero attached hydrogens (tertiary/aromatic N) is 1. The number of nitrogens with one attached hydrogen (secondary N) is 1. The van der Waals surface area contributed by atoms with Crippen LogP contribution in [-0.4, -0.2) is 18.4 Å². The van der Waals surface area contributed by atoms with E-state index >= 15 is 0 Å². The van der Waals surface area contributed by atoms with Crippen LogP contribution in [-0.2, 0) is 10.0 Å². The van der Waals surface area contributed by atoms with Gasteiger partial charge in [-0.05, 0) is 31.2 Å². The maximum absolute atomic E-state index is 13.8. The van der Waals surface area contributed by atoms with Crippen LogP contribution in [0.2, 0.25) is 0 Å². The van der Waals surface area contributed by atoms with Gasteiger partial charge in [-0.25, -0.2) is 12.8 Å². The molecular formula is C13H12FN3O2S2. The van der Waals surface area contributed by atoms with Gasteiger partial charge >= 0.3 is 0 Å². The predicted molar refractivity (Wildman–Crippen MR) is 82.1 cm³/mol. The van der Waals surface area contributed by atoms with E-state index in [9.17, 15) is 12.8 Å². The highest BCUT2D eigenvalue weighted by Crippen LogP contribution is 2.21. The van der Waals surface area contributed by atoms with Crippen molar-refractivity contribution in [1.29, 1.82) is 0 Å². The van der Waals surface area contributed by atoms with Crippen LogP contribution in [0.15, 0.2) is 41.4 Å². The zero-order chi connectivity index (χ0) is 15.6. The molecule has 0 bridgehead atoms. The molecule has 0 fully saturated rings. The summed E-state index contributed by atoms with van der Waals surface area (Å²) in [4.78, 5) is 3.35. The average Bonchev–Trinajstić information content (AvgIpc) is 2.40. The average molecular weight is 325 g/mol. The molecule has 0 radical (unpaired) electrons. The summed E-state index contributed by atoms with van der Waals surface area (Å²) >= 11 is 4.72. The van der Waals surface area contributed by atoms with Crippen molar-refractivity contribution in [1.82, 2.24) is 4.98 Å². The molecule has 21 heavy (non-hydrogen) atoms. The van der Waals surface area contributed by atoms with Gasteiger partial charge in [-0.1, -0.05) is 18.3 Å². The summed E-state index contributed by atoms with van der Waals surface area (Å²) in [6.07, 6.45) is 1.37. The Hall–Kier alpha value is -2.06. The zero-order valence-corrected chi connectivity index (χ0v) is 12.6. The Balaban J connectivity index is 2.47. The Morgan fingerprint density at radius 3 is 2.62 bits per heavy atom. The van der Waals surface area contributed by atoms with Gasteiger partial charge in [-0.3, -0.25) is 9.71 Å². The third-order valence-corrected chi connectivity index (χ3v) is 4.30. The van der Waals surface area contributed by atoms with Gasteiger partial charge < -0.3 is 5.73 Å². The van der Waals surface area contributed by atoms with Crippen LogP contribution < -0.4 is 10.5 Å². The fraction of sp³-hybridized carbons (Fsp3) is 0.0769. The first kappa shape index (κ1) is 15.3. The highest BCUT2D eigenvalue weighted by Gasteiger charge is 2.22. The topological polar surface area (TPSA) is 85.1 Å². The molecular weight excluding hydrogens is 313 g/mol. The zero-order valence-electron chi connectivity index (χ0n) is 11.0. The summed E-state index contributed by atoms with van der Waals surface area (Å²) in [5.74, 6) is -0.785. The number of pyridine rings is 1. The standard InChI is InChI=1S/C13H12FN3O2S2/c1-8-5-6-9(7-16-8)17-21(18,19)11-4-2-3-10(14)12(11)13(15)20/h2-7,17H,1H3,(H2,15,20). The van der Waals surface area contributed by atoms with Crippen LogP contribution >= 0.6 is 12.2 Å². The highest BCUT2D eigenvalue weighted by molar-refractivity contribution is 7.93. The molecule has 8 heteroatoms. The molecule has 0 amide bonds. The predicted octanol–water partition coefficient (Wildman–Crippen LogP) is 1.96. The van der Waals surface area contributed by atoms with Crippen LogP contribution in [0.4, 0.5) is 10.1 Å². The number of benzene rings is 1. The Morgan fingerprint density at radius 2 is 2.05 bits per heavy atom. The minimum Gasteiger partial charge on any atom is -0.389 e. The van der Waals surface area contributed by atoms with Crippen molar-refractivity contribution < 1.29 is 12.8 Å². The van der Waals surface area contributed by atoms with Crippen LogP contribution in [0.1, 0.15) is 11.3 Å². The fourth-order valence-corrected chi connectivity index (χ4v) is 3.25. The Labute approximate surface area is 127 Å². The van der Waals surface area contributed by atoms with Crippen molar-refractivity contribution in [2.45, 2.75) is 11.8 Å². The monoisotopic (exact) mass is 325 g/mol. The van der Waals surface area contributed by atoms with Crippen molar-refractivity contribution in [2.24, 2.45) is 5.73 Å². The quantitative estimate of drug-likeness (QED) is 0.840. The number of nitrogens with two attached hydrogens (primary N) is 1. The number of hydrogen-bond acceptors (Lipinski definition) is 4. The van der Waals surface area contributed by atoms with Gasteiger partial charge in [-0.15, -0.1) is 0 Å². The number of sulfonamides is 1. The summed E-state index contributed by atoms with van der Waals surface area (Å²) in [7, 11) is -4.02. The molecule has 0 saturated heterocycles. The first-order chi connectivity index (χ1) is 9.81. The van der Waals surface area contributed by atoms with Crippen LogP contribution in [0.25, 0.3) is 0 Å². The number of aryl methyl sites for hydroxylation is 1. The molecule has 0 spiro atoms. The number of rotatable bonds is 4. The lowest BCUT2D eigenvalue weighted by molar-refractivity contribution is 0.594. The lowest BCUT2D eigenvalue weighted by Crippen LogP contribution is -2.21. The third-order valence-electron chi connectivity index (χ3n) is 2.67. The van der Waals surface area contributed by atoms with Gasteiger partial charge in [0, 0.05) is 5.69 Å². The molecule has 0 aliphatic heterocycles. The molecule has 2 aromatic rings. The molecule has 1 aromatic carbocycles. The molecule has 5 nitrogen and oxygen atoms in total. The highest BCUT2D eigenvalue weighted by atomic mass is 32.2. The Morgan fingerprint density at radius 1 is 1.33 bits per heavy atom. The van der Waals surface area contributed by atoms with Gasteiger partial charge in [0.2, 0.25) is 0 Å². The van der Waals surface area contributed by atoms with Crippen LogP contribution in [0.3, 0.4) is 0 Å². The maximum atomic E-state index is 13.8. The number of hydrogen-bond donors (Lipinski definition) is 2. The molecule has 1 heterocycles. The second-order valence-corrected chi connectivity index (χ2v) is 6.36. The normalized spacial score (nSPS) is 11.1. The largest absolute Gasteiger partial charge is 0.389 e. The summed E-state index contributed by atoms with van der Waals surface area (Å²) in [5, 5.41) is 0. The SMILES string of the molecule is Cc1ccc(NS(=O)(=O)c2cccc(F)c2C(N)=S)cn1. The van der Waals surface area contributed by atoms with E-state index in [0.29, 0.717) is 0 Å². The molecule has 0 aliphatic rings. The molecule has 3 N–H and O–H groups in total. The fourth-order valence-electron chi connectivity index (χ4n) is 1.71. The van der Waals surface area contributed by atoms with Gasteiger partial charge in [0.25, 0.3) is 10.0 Å². The van der Waals surface area contributed by atoms with Crippen molar-refractivity contribution in [2.75, 3.05) is 4.72 Å². The van der Waals surface area contributed by atoms with Crippen molar-refractivity contribution in [3.05, 3.63) is 53.6 Å². The summed E-state index contributed by atoms with van der Waals surface area (Å²) < 4.78 is 40.7. The van der Waals surface area contributed by atoms with Crippen molar-refractivity contribution in [3.63, 3.8) is 0 Å². The number of anilines is 1. The minimum absolute atomic E-state index is 0.263. The van der Waals surface area contributed by atoms with Crippen molar-refractivity contribution in [3.8, 4) is 0 Å². The van der Waals surface area contributed by atoms with Gasteiger partial charge in [0.05, 0.1) is 17.4 Å². The van der Waals surface area contributed by atoms with E-state index < -0.39 is 15.8 Å². The van der Waals surface area contributed by atoms with E-state index in [0.717, 1.165) is 11.8 Å². The van der Waals surface area contributed by atoms with Gasteiger partial charge in [-0.2, -0.15) is 0 Å². The van der Waals surface area contributed by atoms with Crippen molar-refractivity contribution >= 4 is 32.9 Å². The first-order valence-corrected chi connectivity index (χ1v) is 7.74. The molecule has 0 aliphatic carbocycles. The number of halogens is 1. The second-order valence-electron chi connectivity index (χ2n) is 4.27. The van der Waals surface area contributed by atoms with Gasteiger partial charge in [0.15, 0.2) is 0 Å². The van der Waals surface area contributed by atoms with Crippen LogP contribution in [0, 0.1) is 12.7 Å². The third kappa shape index (κ3) is 3.34. The van der Waals surface area contributed by atoms with E-state index in [1.165, 1.54) is 18.3 Å². The molecule has 0 unspecified atom stereocenters.